The van der Waals surface area contributed by atoms with E-state index in [1.54, 1.807) is 0 Å². The van der Waals surface area contributed by atoms with Gasteiger partial charge in [-0.1, -0.05) is 20.8 Å². The molecule has 1 saturated heterocycles. The van der Waals surface area contributed by atoms with E-state index >= 15 is 0 Å². The molecule has 0 aromatic rings. The molecule has 0 spiro atoms. The Morgan fingerprint density at radius 2 is 1.80 bits per heavy atom. The second-order valence-corrected chi connectivity index (χ2v) is 4.82. The standard InChI is InChI=1S/C11H20N2O2/c1-7(2)9(12)6-13-10(14)4-8(3)5-11(13)15/h7-9H,4-6,12H2,1-3H3. The van der Waals surface area contributed by atoms with Gasteiger partial charge >= 0.3 is 0 Å². The molecule has 2 N–H and O–H groups in total. The second kappa shape index (κ2) is 4.75. The minimum atomic E-state index is -0.119. The van der Waals surface area contributed by atoms with E-state index in [1.165, 1.54) is 4.90 Å². The van der Waals surface area contributed by atoms with Crippen molar-refractivity contribution in [3.8, 4) is 0 Å². The molecule has 2 amide bonds. The van der Waals surface area contributed by atoms with Crippen LogP contribution in [-0.2, 0) is 9.59 Å². The van der Waals surface area contributed by atoms with Gasteiger partial charge in [-0.15, -0.1) is 0 Å². The highest BCUT2D eigenvalue weighted by molar-refractivity contribution is 5.97. The number of hydrogen-bond acceptors (Lipinski definition) is 3. The van der Waals surface area contributed by atoms with Gasteiger partial charge in [0.05, 0.1) is 0 Å². The summed E-state index contributed by atoms with van der Waals surface area (Å²) in [5.41, 5.74) is 5.86. The Balaban J connectivity index is 2.61. The lowest BCUT2D eigenvalue weighted by Crippen LogP contribution is -2.49. The Hall–Kier alpha value is -0.900. The molecule has 86 valence electrons. The maximum atomic E-state index is 11.6. The van der Waals surface area contributed by atoms with Gasteiger partial charge in [0.2, 0.25) is 11.8 Å². The first-order chi connectivity index (χ1) is 6.91. The Labute approximate surface area is 90.8 Å². The fraction of sp³-hybridized carbons (Fsp3) is 0.818. The number of hydrogen-bond donors (Lipinski definition) is 1. The molecule has 0 aliphatic carbocycles. The van der Waals surface area contributed by atoms with Crippen molar-refractivity contribution in [2.75, 3.05) is 6.54 Å². The zero-order valence-electron chi connectivity index (χ0n) is 9.69. The summed E-state index contributed by atoms with van der Waals surface area (Å²) in [6, 6.07) is -0.119. The van der Waals surface area contributed by atoms with Gasteiger partial charge in [0, 0.05) is 25.4 Å². The summed E-state index contributed by atoms with van der Waals surface area (Å²) in [7, 11) is 0. The van der Waals surface area contributed by atoms with Crippen LogP contribution in [0.4, 0.5) is 0 Å². The van der Waals surface area contributed by atoms with Crippen LogP contribution in [0.25, 0.3) is 0 Å². The van der Waals surface area contributed by atoms with E-state index in [-0.39, 0.29) is 29.7 Å². The van der Waals surface area contributed by atoms with Crippen LogP contribution in [0.1, 0.15) is 33.6 Å². The number of carbonyl (C=O) groups excluding carboxylic acids is 2. The van der Waals surface area contributed by atoms with E-state index in [4.69, 9.17) is 5.73 Å². The van der Waals surface area contributed by atoms with Gasteiger partial charge in [0.1, 0.15) is 0 Å². The molecule has 15 heavy (non-hydrogen) atoms. The van der Waals surface area contributed by atoms with Gasteiger partial charge in [-0.25, -0.2) is 0 Å². The summed E-state index contributed by atoms with van der Waals surface area (Å²) < 4.78 is 0. The molecule has 1 heterocycles. The predicted molar refractivity (Wildman–Crippen MR) is 57.9 cm³/mol. The highest BCUT2D eigenvalue weighted by Crippen LogP contribution is 2.19. The van der Waals surface area contributed by atoms with Crippen molar-refractivity contribution in [3.63, 3.8) is 0 Å². The number of piperidine rings is 1. The number of nitrogens with two attached hydrogens (primary N) is 1. The van der Waals surface area contributed by atoms with Crippen molar-refractivity contribution in [1.82, 2.24) is 4.90 Å². The fourth-order valence-corrected chi connectivity index (χ4v) is 1.65. The maximum absolute atomic E-state index is 11.6. The predicted octanol–water partition coefficient (Wildman–Crippen LogP) is 0.755. The van der Waals surface area contributed by atoms with E-state index in [0.29, 0.717) is 19.4 Å². The summed E-state index contributed by atoms with van der Waals surface area (Å²) in [4.78, 5) is 24.6. The molecule has 0 radical (unpaired) electrons. The fourth-order valence-electron chi connectivity index (χ4n) is 1.65. The van der Waals surface area contributed by atoms with Gasteiger partial charge < -0.3 is 5.73 Å². The number of likely N-dealkylation sites (tertiary alicyclic amines) is 1. The molecule has 0 saturated carbocycles. The summed E-state index contributed by atoms with van der Waals surface area (Å²) in [6.45, 7) is 6.27. The van der Waals surface area contributed by atoms with Crippen LogP contribution >= 0.6 is 0 Å². The first-order valence-corrected chi connectivity index (χ1v) is 5.50. The van der Waals surface area contributed by atoms with E-state index in [0.717, 1.165) is 0 Å². The number of carbonyl (C=O) groups is 2. The third kappa shape index (κ3) is 3.02. The average molecular weight is 212 g/mol. The van der Waals surface area contributed by atoms with Gasteiger partial charge in [-0.3, -0.25) is 14.5 Å². The lowest BCUT2D eigenvalue weighted by atomic mass is 9.96. The molecular formula is C11H20N2O2. The largest absolute Gasteiger partial charge is 0.326 e. The number of rotatable bonds is 3. The summed E-state index contributed by atoms with van der Waals surface area (Å²) in [5, 5.41) is 0. The molecule has 4 heteroatoms. The van der Waals surface area contributed by atoms with Crippen LogP contribution in [0.3, 0.4) is 0 Å². The van der Waals surface area contributed by atoms with Crippen molar-refractivity contribution >= 4 is 11.8 Å². The maximum Gasteiger partial charge on any atom is 0.229 e. The van der Waals surface area contributed by atoms with Crippen molar-refractivity contribution in [3.05, 3.63) is 0 Å². The number of amides is 2. The highest BCUT2D eigenvalue weighted by atomic mass is 16.2. The van der Waals surface area contributed by atoms with Gasteiger partial charge in [0.15, 0.2) is 0 Å². The minimum absolute atomic E-state index is 0.0742. The lowest BCUT2D eigenvalue weighted by molar-refractivity contribution is -0.150. The highest BCUT2D eigenvalue weighted by Gasteiger charge is 2.31. The molecule has 1 aliphatic heterocycles. The van der Waals surface area contributed by atoms with Crippen molar-refractivity contribution in [1.29, 1.82) is 0 Å². The lowest BCUT2D eigenvalue weighted by Gasteiger charge is -2.31. The molecule has 4 nitrogen and oxygen atoms in total. The van der Waals surface area contributed by atoms with Crippen LogP contribution in [0.5, 0.6) is 0 Å². The van der Waals surface area contributed by atoms with Crippen molar-refractivity contribution in [2.24, 2.45) is 17.6 Å². The van der Waals surface area contributed by atoms with Gasteiger partial charge in [-0.2, -0.15) is 0 Å². The number of nitrogens with zero attached hydrogens (tertiary/aromatic N) is 1. The van der Waals surface area contributed by atoms with Gasteiger partial charge in [-0.05, 0) is 11.8 Å². The summed E-state index contributed by atoms with van der Waals surface area (Å²) >= 11 is 0. The molecule has 1 fully saturated rings. The first-order valence-electron chi connectivity index (χ1n) is 5.50. The van der Waals surface area contributed by atoms with E-state index < -0.39 is 0 Å². The Morgan fingerprint density at radius 1 is 1.33 bits per heavy atom. The van der Waals surface area contributed by atoms with E-state index in [9.17, 15) is 9.59 Å². The Morgan fingerprint density at radius 3 is 2.20 bits per heavy atom. The monoisotopic (exact) mass is 212 g/mol. The molecule has 1 rings (SSSR count). The molecule has 1 aliphatic rings. The second-order valence-electron chi connectivity index (χ2n) is 4.82. The molecule has 0 bridgehead atoms. The Kier molecular flexibility index (Phi) is 3.85. The SMILES string of the molecule is CC1CC(=O)N(CC(N)C(C)C)C(=O)C1. The Bertz CT molecular complexity index is 245. The topological polar surface area (TPSA) is 63.4 Å². The summed E-state index contributed by atoms with van der Waals surface area (Å²) in [6.07, 6.45) is 0.938. The van der Waals surface area contributed by atoms with E-state index in [2.05, 4.69) is 0 Å². The van der Waals surface area contributed by atoms with Crippen LogP contribution < -0.4 is 5.73 Å². The first kappa shape index (κ1) is 12.2. The molecular weight excluding hydrogens is 192 g/mol. The zero-order chi connectivity index (χ0) is 11.6. The van der Waals surface area contributed by atoms with Crippen molar-refractivity contribution < 1.29 is 9.59 Å². The van der Waals surface area contributed by atoms with Crippen molar-refractivity contribution in [2.45, 2.75) is 39.7 Å². The third-order valence-corrected chi connectivity index (χ3v) is 2.90. The smallest absolute Gasteiger partial charge is 0.229 e. The summed E-state index contributed by atoms with van der Waals surface area (Å²) in [5.74, 6) is 0.311. The number of imide groups is 1. The molecule has 0 aromatic heterocycles. The third-order valence-electron chi connectivity index (χ3n) is 2.90. The molecule has 1 atom stereocenters. The molecule has 1 unspecified atom stereocenters. The van der Waals surface area contributed by atoms with Crippen LogP contribution in [0.2, 0.25) is 0 Å². The van der Waals surface area contributed by atoms with E-state index in [1.807, 2.05) is 20.8 Å². The van der Waals surface area contributed by atoms with Crippen LogP contribution in [-0.4, -0.2) is 29.3 Å². The average Bonchev–Trinajstić information content (AvgIpc) is 2.10. The molecule has 0 aromatic carbocycles. The van der Waals surface area contributed by atoms with Crippen LogP contribution in [0, 0.1) is 11.8 Å². The minimum Gasteiger partial charge on any atom is -0.326 e. The quantitative estimate of drug-likeness (QED) is 0.702. The van der Waals surface area contributed by atoms with Gasteiger partial charge in [0.25, 0.3) is 0 Å². The zero-order valence-corrected chi connectivity index (χ0v) is 9.69. The van der Waals surface area contributed by atoms with Crippen LogP contribution in [0.15, 0.2) is 0 Å². The normalized spacial score (nSPS) is 21.3.